The Hall–Kier alpha value is -6.72. The number of nitrogens with zero attached hydrogens (tertiary/aromatic N) is 4. The predicted molar refractivity (Wildman–Crippen MR) is 200 cm³/mol. The summed E-state index contributed by atoms with van der Waals surface area (Å²) in [5.74, 6) is 1.01. The van der Waals surface area contributed by atoms with Crippen molar-refractivity contribution in [3.05, 3.63) is 194 Å². The lowest BCUT2D eigenvalue weighted by molar-refractivity contribution is 0.584. The Balaban J connectivity index is 1.07. The highest BCUT2D eigenvalue weighted by atomic mass is 16.4. The van der Waals surface area contributed by atoms with Crippen molar-refractivity contribution in [3.63, 3.8) is 0 Å². The molecule has 8 rings (SSSR count). The maximum atomic E-state index is 5.96. The van der Waals surface area contributed by atoms with Crippen molar-refractivity contribution in [1.29, 1.82) is 0 Å². The van der Waals surface area contributed by atoms with Gasteiger partial charge >= 0.3 is 0 Å². The molecule has 1 aromatic heterocycles. The van der Waals surface area contributed by atoms with Crippen LogP contribution in [0.5, 0.6) is 0 Å². The summed E-state index contributed by atoms with van der Waals surface area (Å²) >= 11 is 0. The lowest BCUT2D eigenvalue weighted by Crippen LogP contribution is -2.12. The van der Waals surface area contributed by atoms with Crippen molar-refractivity contribution >= 4 is 34.1 Å². The van der Waals surface area contributed by atoms with Gasteiger partial charge in [-0.1, -0.05) is 97.1 Å². The largest absolute Gasteiger partial charge is 0.416 e. The summed E-state index contributed by atoms with van der Waals surface area (Å²) in [5.41, 5.74) is 10.6. The SMILES string of the molecule is c1ccc(-c2nnc(-c3ccc(-c4ccc(N(c5ccccc5)c5ccc(N(c6ccccc6)c6ccccc6)cc5)cc4)cc3)o2)cc1. The molecule has 0 fully saturated rings. The molecule has 5 heteroatoms. The first kappa shape index (κ1) is 29.7. The molecule has 0 N–H and O–H groups in total. The van der Waals surface area contributed by atoms with E-state index in [0.717, 1.165) is 56.4 Å². The van der Waals surface area contributed by atoms with E-state index in [-0.39, 0.29) is 0 Å². The second-order valence-corrected chi connectivity index (χ2v) is 11.6. The van der Waals surface area contributed by atoms with Gasteiger partial charge in [0.25, 0.3) is 0 Å². The van der Waals surface area contributed by atoms with Gasteiger partial charge in [-0.15, -0.1) is 10.2 Å². The molecule has 8 aromatic rings. The van der Waals surface area contributed by atoms with E-state index in [1.165, 1.54) is 0 Å². The van der Waals surface area contributed by atoms with Crippen molar-refractivity contribution in [2.45, 2.75) is 0 Å². The van der Waals surface area contributed by atoms with Gasteiger partial charge in [-0.3, -0.25) is 0 Å². The van der Waals surface area contributed by atoms with E-state index in [2.05, 4.69) is 153 Å². The minimum Gasteiger partial charge on any atom is -0.416 e. The van der Waals surface area contributed by atoms with Crippen LogP contribution < -0.4 is 9.80 Å². The van der Waals surface area contributed by atoms with E-state index in [1.54, 1.807) is 0 Å². The van der Waals surface area contributed by atoms with E-state index >= 15 is 0 Å². The Labute approximate surface area is 286 Å². The number of aromatic nitrogens is 2. The van der Waals surface area contributed by atoms with Crippen LogP contribution >= 0.6 is 0 Å². The summed E-state index contributed by atoms with van der Waals surface area (Å²) in [6, 6.07) is 66.9. The number of rotatable bonds is 9. The monoisotopic (exact) mass is 632 g/mol. The molecular formula is C44H32N4O. The van der Waals surface area contributed by atoms with Gasteiger partial charge in [0, 0.05) is 45.3 Å². The molecule has 0 aliphatic rings. The second-order valence-electron chi connectivity index (χ2n) is 11.6. The molecule has 0 aliphatic carbocycles. The highest BCUT2D eigenvalue weighted by Gasteiger charge is 2.16. The molecule has 0 spiro atoms. The van der Waals surface area contributed by atoms with Crippen LogP contribution in [0.25, 0.3) is 34.0 Å². The van der Waals surface area contributed by atoms with Gasteiger partial charge in [-0.05, 0) is 108 Å². The van der Waals surface area contributed by atoms with Crippen LogP contribution in [0.3, 0.4) is 0 Å². The van der Waals surface area contributed by atoms with Crippen molar-refractivity contribution in [2.24, 2.45) is 0 Å². The summed E-state index contributed by atoms with van der Waals surface area (Å²) in [6.45, 7) is 0. The topological polar surface area (TPSA) is 45.4 Å². The van der Waals surface area contributed by atoms with Crippen LogP contribution in [0, 0.1) is 0 Å². The average molecular weight is 633 g/mol. The fraction of sp³-hybridized carbons (Fsp3) is 0. The first-order chi connectivity index (χ1) is 24.3. The Bertz CT molecular complexity index is 2200. The van der Waals surface area contributed by atoms with Gasteiger partial charge in [0.15, 0.2) is 0 Å². The maximum Gasteiger partial charge on any atom is 0.248 e. The van der Waals surface area contributed by atoms with E-state index in [4.69, 9.17) is 4.42 Å². The summed E-state index contributed by atoms with van der Waals surface area (Å²) in [5, 5.41) is 8.51. The fourth-order valence-electron chi connectivity index (χ4n) is 6.02. The van der Waals surface area contributed by atoms with E-state index < -0.39 is 0 Å². The molecule has 0 saturated heterocycles. The molecule has 0 unspecified atom stereocenters. The molecule has 49 heavy (non-hydrogen) atoms. The third-order valence-electron chi connectivity index (χ3n) is 8.45. The number of benzene rings is 7. The number of hydrogen-bond acceptors (Lipinski definition) is 5. The molecule has 0 radical (unpaired) electrons. The normalized spacial score (nSPS) is 10.9. The van der Waals surface area contributed by atoms with Gasteiger partial charge in [0.2, 0.25) is 11.8 Å². The van der Waals surface area contributed by atoms with E-state index in [9.17, 15) is 0 Å². The average Bonchev–Trinajstić information content (AvgIpc) is 3.69. The van der Waals surface area contributed by atoms with Crippen molar-refractivity contribution < 1.29 is 4.42 Å². The second kappa shape index (κ2) is 13.6. The molecule has 0 atom stereocenters. The van der Waals surface area contributed by atoms with Crippen LogP contribution in [-0.2, 0) is 0 Å². The van der Waals surface area contributed by atoms with Crippen LogP contribution in [0.2, 0.25) is 0 Å². The Morgan fingerprint density at radius 1 is 0.265 bits per heavy atom. The van der Waals surface area contributed by atoms with Crippen molar-refractivity contribution in [3.8, 4) is 34.0 Å². The van der Waals surface area contributed by atoms with E-state index in [0.29, 0.717) is 11.8 Å². The molecule has 5 nitrogen and oxygen atoms in total. The summed E-state index contributed by atoms with van der Waals surface area (Å²) in [7, 11) is 0. The molecular weight excluding hydrogens is 601 g/mol. The zero-order valence-electron chi connectivity index (χ0n) is 26.7. The Morgan fingerprint density at radius 2 is 0.531 bits per heavy atom. The van der Waals surface area contributed by atoms with Crippen LogP contribution in [0.1, 0.15) is 0 Å². The van der Waals surface area contributed by atoms with Crippen molar-refractivity contribution in [1.82, 2.24) is 10.2 Å². The van der Waals surface area contributed by atoms with Gasteiger partial charge < -0.3 is 14.2 Å². The lowest BCUT2D eigenvalue weighted by atomic mass is 10.0. The zero-order chi connectivity index (χ0) is 32.8. The van der Waals surface area contributed by atoms with Gasteiger partial charge in [-0.25, -0.2) is 0 Å². The molecule has 0 amide bonds. The first-order valence-electron chi connectivity index (χ1n) is 16.3. The third-order valence-corrected chi connectivity index (χ3v) is 8.45. The third kappa shape index (κ3) is 6.33. The smallest absolute Gasteiger partial charge is 0.248 e. The maximum absolute atomic E-state index is 5.96. The molecule has 0 saturated carbocycles. The Kier molecular flexibility index (Phi) is 8.21. The minimum absolute atomic E-state index is 0.501. The summed E-state index contributed by atoms with van der Waals surface area (Å²) < 4.78 is 5.96. The lowest BCUT2D eigenvalue weighted by Gasteiger charge is -2.28. The van der Waals surface area contributed by atoms with Gasteiger partial charge in [0.05, 0.1) is 0 Å². The molecule has 0 aliphatic heterocycles. The minimum atomic E-state index is 0.501. The summed E-state index contributed by atoms with van der Waals surface area (Å²) in [4.78, 5) is 4.56. The number of hydrogen-bond donors (Lipinski definition) is 0. The standard InChI is InChI=1S/C44H32N4O/c1-5-13-35(14-6-1)43-45-46-44(49-43)36-23-21-33(22-24-36)34-25-27-40(28-26-34)48(39-19-11-4-12-20-39)42-31-29-41(30-32-42)47(37-15-7-2-8-16-37)38-17-9-3-10-18-38/h1-32H. The zero-order valence-corrected chi connectivity index (χ0v) is 26.7. The molecule has 7 aromatic carbocycles. The fourth-order valence-corrected chi connectivity index (χ4v) is 6.02. The number of para-hydroxylation sites is 3. The van der Waals surface area contributed by atoms with Crippen LogP contribution in [-0.4, -0.2) is 10.2 Å². The predicted octanol–water partition coefficient (Wildman–Crippen LogP) is 12.0. The van der Waals surface area contributed by atoms with Crippen LogP contribution in [0.4, 0.5) is 34.1 Å². The number of anilines is 6. The highest BCUT2D eigenvalue weighted by molar-refractivity contribution is 5.82. The molecule has 0 bridgehead atoms. The summed E-state index contributed by atoms with van der Waals surface area (Å²) in [6.07, 6.45) is 0. The molecule has 234 valence electrons. The Morgan fingerprint density at radius 3 is 0.918 bits per heavy atom. The quantitative estimate of drug-likeness (QED) is 0.158. The van der Waals surface area contributed by atoms with E-state index in [1.807, 2.05) is 60.7 Å². The van der Waals surface area contributed by atoms with Crippen molar-refractivity contribution in [2.75, 3.05) is 9.80 Å². The van der Waals surface area contributed by atoms with Gasteiger partial charge in [0.1, 0.15) is 0 Å². The first-order valence-corrected chi connectivity index (χ1v) is 16.3. The molecule has 1 heterocycles. The van der Waals surface area contributed by atoms with Gasteiger partial charge in [-0.2, -0.15) is 0 Å². The highest BCUT2D eigenvalue weighted by Crippen LogP contribution is 2.39. The van der Waals surface area contributed by atoms with Crippen LogP contribution in [0.15, 0.2) is 199 Å².